The smallest absolute Gasteiger partial charge is 0.0610 e. The lowest BCUT2D eigenvalue weighted by Gasteiger charge is -2.29. The van der Waals surface area contributed by atoms with Gasteiger partial charge in [0.1, 0.15) is 0 Å². The number of hydrogen-bond acceptors (Lipinski definition) is 3. The molecule has 0 aliphatic carbocycles. The lowest BCUT2D eigenvalue weighted by molar-refractivity contribution is 0.162. The third kappa shape index (κ3) is 5.71. The summed E-state index contributed by atoms with van der Waals surface area (Å²) < 4.78 is 0. The molecule has 1 rings (SSSR count). The molecule has 1 aliphatic heterocycles. The number of likely N-dealkylation sites (N-methyl/N-ethyl adjacent to an activating group) is 1. The Morgan fingerprint density at radius 3 is 2.40 bits per heavy atom. The zero-order valence-electron chi connectivity index (χ0n) is 14.3. The minimum absolute atomic E-state index is 0.0896. The summed E-state index contributed by atoms with van der Waals surface area (Å²) in [5.41, 5.74) is 0.364. The third-order valence-electron chi connectivity index (χ3n) is 4.90. The first-order valence-corrected chi connectivity index (χ1v) is 8.39. The monoisotopic (exact) mass is 284 g/mol. The lowest BCUT2D eigenvalue weighted by Crippen LogP contribution is -2.45. The Labute approximate surface area is 126 Å². The number of likely N-dealkylation sites (tertiary alicyclic amines) is 1. The maximum Gasteiger partial charge on any atom is 0.0610 e. The van der Waals surface area contributed by atoms with Gasteiger partial charge in [0.2, 0.25) is 0 Å². The molecule has 20 heavy (non-hydrogen) atoms. The Hall–Kier alpha value is -0.120. The van der Waals surface area contributed by atoms with Crippen LogP contribution in [0.3, 0.4) is 0 Å². The van der Waals surface area contributed by atoms with Crippen LogP contribution in [0.2, 0.25) is 0 Å². The van der Waals surface area contributed by atoms with Crippen molar-refractivity contribution in [3.63, 3.8) is 0 Å². The molecule has 1 heterocycles. The molecule has 2 atom stereocenters. The summed E-state index contributed by atoms with van der Waals surface area (Å²) in [4.78, 5) is 2.62. The number of nitrogens with zero attached hydrogens (tertiary/aromatic N) is 1. The molecule has 2 unspecified atom stereocenters. The number of hydrogen-bond donors (Lipinski definition) is 2. The van der Waals surface area contributed by atoms with E-state index in [-0.39, 0.29) is 12.1 Å². The van der Waals surface area contributed by atoms with Crippen molar-refractivity contribution in [3.05, 3.63) is 0 Å². The van der Waals surface area contributed by atoms with Crippen molar-refractivity contribution < 1.29 is 5.11 Å². The molecule has 0 aromatic rings. The molecule has 0 radical (unpaired) electrons. The zero-order chi connectivity index (χ0) is 15.2. The van der Waals surface area contributed by atoms with Crippen molar-refractivity contribution in [1.82, 2.24) is 10.2 Å². The molecule has 0 aromatic heterocycles. The largest absolute Gasteiger partial charge is 0.394 e. The molecule has 3 nitrogen and oxygen atoms in total. The summed E-state index contributed by atoms with van der Waals surface area (Å²) in [6.45, 7) is 16.2. The Morgan fingerprint density at radius 1 is 1.20 bits per heavy atom. The first-order valence-electron chi connectivity index (χ1n) is 8.39. The van der Waals surface area contributed by atoms with Crippen LogP contribution in [0.15, 0.2) is 0 Å². The molecule has 1 aliphatic rings. The maximum atomic E-state index is 9.48. The second kappa shape index (κ2) is 7.77. The van der Waals surface area contributed by atoms with Crippen LogP contribution in [0.4, 0.5) is 0 Å². The SMILES string of the molecule is CCNC(C)(CO)CCCCN1CCC(C(C)(C)C)C1. The van der Waals surface area contributed by atoms with Gasteiger partial charge in [-0.15, -0.1) is 0 Å². The predicted octanol–water partition coefficient (Wildman–Crippen LogP) is 2.89. The van der Waals surface area contributed by atoms with Crippen LogP contribution in [0.1, 0.15) is 60.3 Å². The molecular formula is C17H36N2O. The quantitative estimate of drug-likeness (QED) is 0.673. The molecule has 2 N–H and O–H groups in total. The van der Waals surface area contributed by atoms with E-state index >= 15 is 0 Å². The first-order chi connectivity index (χ1) is 9.30. The van der Waals surface area contributed by atoms with Crippen LogP contribution >= 0.6 is 0 Å². The molecule has 1 fully saturated rings. The normalized spacial score (nSPS) is 24.0. The Kier molecular flexibility index (Phi) is 6.96. The molecule has 0 spiro atoms. The van der Waals surface area contributed by atoms with Crippen LogP contribution < -0.4 is 5.32 Å². The van der Waals surface area contributed by atoms with E-state index in [1.54, 1.807) is 0 Å². The Bertz CT molecular complexity index is 275. The average Bonchev–Trinajstić information content (AvgIpc) is 2.84. The zero-order valence-corrected chi connectivity index (χ0v) is 14.3. The van der Waals surface area contributed by atoms with Crippen LogP contribution in [0, 0.1) is 11.3 Å². The minimum Gasteiger partial charge on any atom is -0.394 e. The lowest BCUT2D eigenvalue weighted by atomic mass is 9.80. The maximum absolute atomic E-state index is 9.48. The van der Waals surface area contributed by atoms with Crippen LogP contribution in [-0.4, -0.2) is 48.3 Å². The highest BCUT2D eigenvalue weighted by Crippen LogP contribution is 2.33. The van der Waals surface area contributed by atoms with E-state index in [0.29, 0.717) is 5.41 Å². The molecule has 0 bridgehead atoms. The molecule has 0 aromatic carbocycles. The van der Waals surface area contributed by atoms with Crippen LogP contribution in [0.5, 0.6) is 0 Å². The fourth-order valence-electron chi connectivity index (χ4n) is 3.24. The van der Waals surface area contributed by atoms with E-state index in [4.69, 9.17) is 0 Å². The second-order valence-electron chi connectivity index (χ2n) is 7.86. The van der Waals surface area contributed by atoms with Crippen LogP contribution in [-0.2, 0) is 0 Å². The van der Waals surface area contributed by atoms with Crippen molar-refractivity contribution in [3.8, 4) is 0 Å². The van der Waals surface area contributed by atoms with E-state index in [2.05, 4.69) is 44.8 Å². The molecule has 120 valence electrons. The van der Waals surface area contributed by atoms with Gasteiger partial charge in [0.25, 0.3) is 0 Å². The third-order valence-corrected chi connectivity index (χ3v) is 4.90. The Balaban J connectivity index is 2.19. The van der Waals surface area contributed by atoms with Crippen molar-refractivity contribution in [2.75, 3.05) is 32.8 Å². The fraction of sp³-hybridized carbons (Fsp3) is 1.00. The number of aliphatic hydroxyl groups is 1. The Morgan fingerprint density at radius 2 is 1.90 bits per heavy atom. The summed E-state index contributed by atoms with van der Waals surface area (Å²) in [5, 5.41) is 12.9. The summed E-state index contributed by atoms with van der Waals surface area (Å²) in [5.74, 6) is 0.854. The standard InChI is InChI=1S/C17H36N2O/c1-6-18-17(5,14-20)10-7-8-11-19-12-9-15(13-19)16(2,3)4/h15,18,20H,6-14H2,1-5H3. The van der Waals surface area contributed by atoms with Gasteiger partial charge in [0, 0.05) is 12.1 Å². The number of nitrogens with one attached hydrogen (secondary N) is 1. The van der Waals surface area contributed by atoms with Crippen molar-refractivity contribution in [1.29, 1.82) is 0 Å². The highest BCUT2D eigenvalue weighted by atomic mass is 16.3. The van der Waals surface area contributed by atoms with E-state index < -0.39 is 0 Å². The van der Waals surface area contributed by atoms with Gasteiger partial charge in [0.15, 0.2) is 0 Å². The van der Waals surface area contributed by atoms with Gasteiger partial charge in [-0.25, -0.2) is 0 Å². The molecule has 0 amide bonds. The second-order valence-corrected chi connectivity index (χ2v) is 7.86. The van der Waals surface area contributed by atoms with Gasteiger partial charge in [-0.3, -0.25) is 0 Å². The van der Waals surface area contributed by atoms with E-state index in [1.165, 1.54) is 38.9 Å². The van der Waals surface area contributed by atoms with Gasteiger partial charge in [-0.1, -0.05) is 34.1 Å². The number of rotatable bonds is 8. The van der Waals surface area contributed by atoms with E-state index in [9.17, 15) is 5.11 Å². The number of aliphatic hydroxyl groups excluding tert-OH is 1. The van der Waals surface area contributed by atoms with E-state index in [1.807, 2.05) is 0 Å². The van der Waals surface area contributed by atoms with Crippen molar-refractivity contribution >= 4 is 0 Å². The van der Waals surface area contributed by atoms with E-state index in [0.717, 1.165) is 18.9 Å². The van der Waals surface area contributed by atoms with Crippen molar-refractivity contribution in [2.24, 2.45) is 11.3 Å². The average molecular weight is 284 g/mol. The summed E-state index contributed by atoms with van der Waals surface area (Å²) >= 11 is 0. The minimum atomic E-state index is -0.0896. The van der Waals surface area contributed by atoms with Gasteiger partial charge in [-0.05, 0) is 57.2 Å². The predicted molar refractivity (Wildman–Crippen MR) is 87.0 cm³/mol. The van der Waals surface area contributed by atoms with Crippen LogP contribution in [0.25, 0.3) is 0 Å². The fourth-order valence-corrected chi connectivity index (χ4v) is 3.24. The van der Waals surface area contributed by atoms with Gasteiger partial charge < -0.3 is 15.3 Å². The van der Waals surface area contributed by atoms with Gasteiger partial charge >= 0.3 is 0 Å². The molecular weight excluding hydrogens is 248 g/mol. The molecule has 1 saturated heterocycles. The summed E-state index contributed by atoms with van der Waals surface area (Å²) in [7, 11) is 0. The van der Waals surface area contributed by atoms with Gasteiger partial charge in [0.05, 0.1) is 6.61 Å². The highest BCUT2D eigenvalue weighted by Gasteiger charge is 2.31. The highest BCUT2D eigenvalue weighted by molar-refractivity contribution is 4.84. The molecule has 3 heteroatoms. The first kappa shape index (κ1) is 17.9. The summed E-state index contributed by atoms with van der Waals surface area (Å²) in [6, 6.07) is 0. The van der Waals surface area contributed by atoms with Gasteiger partial charge in [-0.2, -0.15) is 0 Å². The molecule has 0 saturated carbocycles. The number of unbranched alkanes of at least 4 members (excludes halogenated alkanes) is 1. The van der Waals surface area contributed by atoms with Crippen molar-refractivity contribution in [2.45, 2.75) is 65.8 Å². The topological polar surface area (TPSA) is 35.5 Å². The summed E-state index contributed by atoms with van der Waals surface area (Å²) in [6.07, 6.45) is 4.86.